The molecule has 452 valence electrons. The fraction of sp³-hybridized carbons (Fsp3) is 0.677. The maximum absolute atomic E-state index is 14.2. The third-order valence-corrected chi connectivity index (χ3v) is 15.4. The van der Waals surface area contributed by atoms with Crippen LogP contribution in [0.2, 0.25) is 0 Å². The number of hydrogen-bond acceptors (Lipinski definition) is 13. The Kier molecular flexibility index (Phi) is 27.7. The zero-order valence-electron chi connectivity index (χ0n) is 52.0. The molecule has 0 aliphatic heterocycles. The summed E-state index contributed by atoms with van der Waals surface area (Å²) in [5.74, 6) is 9.75. The monoisotopic (exact) mass is 1180 g/mol. The van der Waals surface area contributed by atoms with Crippen LogP contribution in [0.25, 0.3) is 0 Å². The molecule has 4 rings (SSSR count). The van der Waals surface area contributed by atoms with Crippen LogP contribution in [0.15, 0.2) is 12.1 Å². The van der Waals surface area contributed by atoms with E-state index in [4.69, 9.17) is 21.1 Å². The number of halogens is 1. The Morgan fingerprint density at radius 2 is 0.926 bits per heavy atom. The first kappa shape index (κ1) is 71.7. The maximum Gasteiger partial charge on any atom is 0.353 e. The van der Waals surface area contributed by atoms with Gasteiger partial charge in [0.05, 0.1) is 32.0 Å². The summed E-state index contributed by atoms with van der Waals surface area (Å²) >= 11 is 7.32. The first-order valence-electron chi connectivity index (χ1n) is 28.0. The van der Waals surface area contributed by atoms with Gasteiger partial charge in [0.1, 0.15) is 21.8 Å². The number of thiophene rings is 2. The predicted octanol–water partition coefficient (Wildman–Crippen LogP) is 12.5. The van der Waals surface area contributed by atoms with E-state index in [9.17, 15) is 43.5 Å². The maximum atomic E-state index is 14.2. The van der Waals surface area contributed by atoms with Gasteiger partial charge in [-0.15, -0.1) is 22.7 Å². The number of esters is 3. The number of alkyl halides is 1. The molecule has 1 N–H and O–H groups in total. The molecule has 0 radical (unpaired) electrons. The number of carbonyl (C=O) groups is 8. The largest absolute Gasteiger partial charge is 0.477 e. The van der Waals surface area contributed by atoms with Crippen molar-refractivity contribution in [3.8, 4) is 23.7 Å². The molecule has 2 aromatic heterocycles. The number of likely N-dealkylation sites (N-methyl/N-ethyl adjacent to an activating group) is 2. The average Bonchev–Trinajstić information content (AvgIpc) is 4.00. The number of anilines is 2. The van der Waals surface area contributed by atoms with Crippen LogP contribution in [0.4, 0.5) is 11.4 Å². The van der Waals surface area contributed by atoms with E-state index in [1.807, 2.05) is 55.4 Å². The minimum atomic E-state index is -1.11. The fourth-order valence-corrected chi connectivity index (χ4v) is 10.4. The first-order chi connectivity index (χ1) is 37.3. The second-order valence-electron chi connectivity index (χ2n) is 25.6. The molecule has 2 saturated carbocycles. The van der Waals surface area contributed by atoms with Crippen LogP contribution >= 0.6 is 34.3 Å². The van der Waals surface area contributed by atoms with E-state index in [1.165, 1.54) is 19.6 Å². The third-order valence-electron chi connectivity index (χ3n) is 13.3. The van der Waals surface area contributed by atoms with E-state index in [2.05, 4.69) is 42.3 Å². The van der Waals surface area contributed by atoms with Gasteiger partial charge in [-0.1, -0.05) is 63.0 Å². The summed E-state index contributed by atoms with van der Waals surface area (Å²) in [6, 6.07) is 1.76. The van der Waals surface area contributed by atoms with E-state index in [1.54, 1.807) is 81.9 Å². The average molecular weight is 1190 g/mol. The number of rotatable bonds is 15. The lowest BCUT2D eigenvalue weighted by molar-refractivity contribution is -0.161. The molecule has 16 nitrogen and oxygen atoms in total. The number of hydrogen-bond donors (Lipinski definition) is 1. The Hall–Kier alpha value is -5.43. The number of aromatic carboxylic acids is 1. The highest BCUT2D eigenvalue weighted by Crippen LogP contribution is 2.39. The Morgan fingerprint density at radius 1 is 0.580 bits per heavy atom. The Morgan fingerprint density at radius 3 is 1.22 bits per heavy atom. The number of ether oxygens (including phenoxy) is 3. The summed E-state index contributed by atoms with van der Waals surface area (Å²) in [5, 5.41) is 9.91. The van der Waals surface area contributed by atoms with E-state index in [0.717, 1.165) is 74.0 Å². The Labute approximate surface area is 496 Å². The lowest BCUT2D eigenvalue weighted by Gasteiger charge is -2.36. The summed E-state index contributed by atoms with van der Waals surface area (Å²) in [5.41, 5.74) is -1.12. The highest BCUT2D eigenvalue weighted by atomic mass is 35.5. The van der Waals surface area contributed by atoms with Crippen LogP contribution in [0, 0.1) is 69.0 Å². The van der Waals surface area contributed by atoms with Crippen LogP contribution in [0.1, 0.15) is 204 Å². The molecule has 0 spiro atoms. The van der Waals surface area contributed by atoms with Gasteiger partial charge in [-0.3, -0.25) is 38.6 Å². The van der Waals surface area contributed by atoms with Gasteiger partial charge < -0.3 is 29.1 Å². The van der Waals surface area contributed by atoms with Crippen molar-refractivity contribution in [1.29, 1.82) is 0 Å². The zero-order valence-corrected chi connectivity index (χ0v) is 54.4. The van der Waals surface area contributed by atoms with Crippen molar-refractivity contribution in [1.82, 2.24) is 9.80 Å². The summed E-state index contributed by atoms with van der Waals surface area (Å²) in [7, 11) is 6.62. The van der Waals surface area contributed by atoms with E-state index < -0.39 is 47.6 Å². The molecule has 2 aliphatic carbocycles. The molecule has 2 atom stereocenters. The van der Waals surface area contributed by atoms with Crippen molar-refractivity contribution in [2.75, 3.05) is 50.8 Å². The number of amides is 4. The zero-order chi connectivity index (χ0) is 62.1. The predicted molar refractivity (Wildman–Crippen MR) is 323 cm³/mol. The van der Waals surface area contributed by atoms with Crippen LogP contribution < -0.4 is 9.80 Å². The molecular formula is C62H93ClN4O12S2. The second-order valence-corrected chi connectivity index (χ2v) is 27.9. The molecular weight excluding hydrogens is 1090 g/mol. The van der Waals surface area contributed by atoms with Crippen LogP contribution in [-0.2, 0) is 43.0 Å². The molecule has 2 aromatic rings. The lowest BCUT2D eigenvalue weighted by atomic mass is 9.82. The SMILES string of the molecule is CC(C)(C)C(=O)OCCl.CC[C@@H](C(=O)N(C)C)N(C(=O)C1CCC(C)CC1)c1cc(C#CC(C)(C)C)sc1C(=O)O.CC[C@@H](C(=O)N(C)C)N(C(=O)C1CCC(C)CC1)c1cc(C#CC(C)(C)C)sc1C(=O)OCOC(=O)C(C)(C)C. The normalized spacial score (nSPS) is 17.9. The number of carboxylic acids is 1. The molecule has 0 unspecified atom stereocenters. The molecule has 0 aromatic carbocycles. The first-order valence-corrected chi connectivity index (χ1v) is 30.2. The number of carbonyl (C=O) groups excluding carboxylic acids is 7. The Balaban J connectivity index is 0.000000488. The molecule has 81 heavy (non-hydrogen) atoms. The van der Waals surface area contributed by atoms with Gasteiger partial charge in [0, 0.05) is 50.9 Å². The molecule has 19 heteroatoms. The fourth-order valence-electron chi connectivity index (χ4n) is 8.55. The summed E-state index contributed by atoms with van der Waals surface area (Å²) in [6.45, 7) is 29.9. The molecule has 2 fully saturated rings. The second kappa shape index (κ2) is 31.3. The lowest BCUT2D eigenvalue weighted by Crippen LogP contribution is -2.51. The van der Waals surface area contributed by atoms with Crippen molar-refractivity contribution in [2.24, 2.45) is 45.3 Å². The highest BCUT2D eigenvalue weighted by molar-refractivity contribution is 7.15. The Bertz CT molecular complexity index is 2620. The van der Waals surface area contributed by atoms with Crippen molar-refractivity contribution < 1.29 is 57.7 Å². The molecule has 2 aliphatic rings. The topological polar surface area (TPSA) is 197 Å². The number of carboxylic acid groups (broad SMARTS) is 1. The van der Waals surface area contributed by atoms with Gasteiger partial charge in [-0.25, -0.2) is 9.59 Å². The van der Waals surface area contributed by atoms with Gasteiger partial charge in [0.15, 0.2) is 6.07 Å². The standard InChI is InChI=1S/C31H46N2O6S.C25H36N2O4S.C6H11ClO2/c1-11-23(27(35)32(9)10)33(26(34)21-14-12-20(2)13-15-21)24-18-22(16-17-30(3,4)5)40-25(24)28(36)38-19-39-29(37)31(6,7)8;1-8-19(23(29)26(6)7)27(22(28)17-11-9-16(2)10-12-17)20-15-18(13-14-25(3,4)5)32-21(20)24(30)31;1-6(2,3)5(8)9-4-7/h18,20-21,23H,11-15,19H2,1-10H3;15-17,19H,8-12H2,1-7H3,(H,30,31);4H2,1-3H3/t20?,21?,23-;16?,17?,19-;/m00./s1. The quantitative estimate of drug-likeness (QED) is 0.0767. The van der Waals surface area contributed by atoms with Crippen molar-refractivity contribution >= 4 is 93.2 Å². The molecule has 0 saturated heterocycles. The van der Waals surface area contributed by atoms with Gasteiger partial charge in [0.2, 0.25) is 30.4 Å². The van der Waals surface area contributed by atoms with Crippen LogP contribution in [-0.4, -0.2) is 116 Å². The molecule has 4 amide bonds. The van der Waals surface area contributed by atoms with E-state index in [-0.39, 0.29) is 73.8 Å². The van der Waals surface area contributed by atoms with Gasteiger partial charge >= 0.3 is 23.9 Å². The summed E-state index contributed by atoms with van der Waals surface area (Å²) in [6.07, 6.45) is 7.51. The van der Waals surface area contributed by atoms with Gasteiger partial charge in [0.25, 0.3) is 0 Å². The minimum Gasteiger partial charge on any atom is -0.477 e. The van der Waals surface area contributed by atoms with Gasteiger partial charge in [-0.2, -0.15) is 0 Å². The number of nitrogens with zero attached hydrogens (tertiary/aromatic N) is 4. The van der Waals surface area contributed by atoms with E-state index >= 15 is 0 Å². The van der Waals surface area contributed by atoms with Crippen molar-refractivity contribution in [3.05, 3.63) is 31.6 Å². The minimum absolute atomic E-state index is 0.0470. The van der Waals surface area contributed by atoms with E-state index in [0.29, 0.717) is 40.1 Å². The van der Waals surface area contributed by atoms with Crippen LogP contribution in [0.3, 0.4) is 0 Å². The third kappa shape index (κ3) is 22.7. The van der Waals surface area contributed by atoms with Gasteiger partial charge in [-0.05, 0) is 171 Å². The van der Waals surface area contributed by atoms with Crippen LogP contribution in [0.5, 0.6) is 0 Å². The van der Waals surface area contributed by atoms with Crippen molar-refractivity contribution in [2.45, 2.75) is 187 Å². The van der Waals surface area contributed by atoms with Crippen molar-refractivity contribution in [3.63, 3.8) is 0 Å². The molecule has 2 heterocycles. The smallest absolute Gasteiger partial charge is 0.353 e. The summed E-state index contributed by atoms with van der Waals surface area (Å²) < 4.78 is 15.0. The molecule has 0 bridgehead atoms. The summed E-state index contributed by atoms with van der Waals surface area (Å²) in [4.78, 5) is 110. The highest BCUT2D eigenvalue weighted by Gasteiger charge is 2.41.